The zero-order valence-corrected chi connectivity index (χ0v) is 11.6. The molecule has 104 valence electrons. The molecule has 0 heterocycles. The number of rotatable bonds is 6. The van der Waals surface area contributed by atoms with Crippen molar-refractivity contribution in [1.82, 2.24) is 0 Å². The summed E-state index contributed by atoms with van der Waals surface area (Å²) >= 11 is 0. The fourth-order valence-electron chi connectivity index (χ4n) is 2.28. The van der Waals surface area contributed by atoms with Gasteiger partial charge in [0.05, 0.1) is 14.2 Å². The van der Waals surface area contributed by atoms with Crippen molar-refractivity contribution in [3.8, 4) is 0 Å². The van der Waals surface area contributed by atoms with Gasteiger partial charge < -0.3 is 9.47 Å². The van der Waals surface area contributed by atoms with Crippen molar-refractivity contribution in [3.63, 3.8) is 0 Å². The maximum atomic E-state index is 12.1. The molecule has 0 bridgehead atoms. The van der Waals surface area contributed by atoms with Crippen molar-refractivity contribution in [1.29, 1.82) is 0 Å². The zero-order valence-electron chi connectivity index (χ0n) is 11.6. The minimum Gasteiger partial charge on any atom is -0.468 e. The second kappa shape index (κ2) is 6.92. The molecule has 0 fully saturated rings. The van der Waals surface area contributed by atoms with E-state index in [1.54, 1.807) is 0 Å². The largest absolute Gasteiger partial charge is 0.468 e. The summed E-state index contributed by atoms with van der Waals surface area (Å²) in [5, 5.41) is 0. The fourth-order valence-corrected chi connectivity index (χ4v) is 2.28. The van der Waals surface area contributed by atoms with Crippen LogP contribution >= 0.6 is 0 Å². The van der Waals surface area contributed by atoms with Crippen molar-refractivity contribution in [2.75, 3.05) is 14.2 Å². The molecule has 0 N–H and O–H groups in total. The van der Waals surface area contributed by atoms with Gasteiger partial charge in [-0.15, -0.1) is 0 Å². The Bertz CT molecular complexity index is 409. The van der Waals surface area contributed by atoms with E-state index in [0.29, 0.717) is 19.3 Å². The van der Waals surface area contributed by atoms with Crippen molar-refractivity contribution in [2.24, 2.45) is 5.41 Å². The third-order valence-electron chi connectivity index (χ3n) is 3.18. The van der Waals surface area contributed by atoms with Gasteiger partial charge in [0.15, 0.2) is 5.41 Å². The molecule has 0 aromatic heterocycles. The van der Waals surface area contributed by atoms with Gasteiger partial charge in [-0.3, -0.25) is 9.59 Å². The normalized spacial score (nSPS) is 10.9. The fraction of sp³-hybridized carbons (Fsp3) is 0.467. The van der Waals surface area contributed by atoms with Gasteiger partial charge >= 0.3 is 11.9 Å². The molecule has 0 saturated carbocycles. The quantitative estimate of drug-likeness (QED) is 0.584. The molecule has 0 amide bonds. The van der Waals surface area contributed by atoms with Crippen LogP contribution in [0.15, 0.2) is 30.3 Å². The Hall–Kier alpha value is -1.84. The van der Waals surface area contributed by atoms with E-state index < -0.39 is 17.4 Å². The maximum Gasteiger partial charge on any atom is 0.323 e. The molecule has 4 nitrogen and oxygen atoms in total. The summed E-state index contributed by atoms with van der Waals surface area (Å²) in [7, 11) is 2.58. The second-order valence-corrected chi connectivity index (χ2v) is 4.48. The second-order valence-electron chi connectivity index (χ2n) is 4.48. The van der Waals surface area contributed by atoms with Crippen LogP contribution in [0.4, 0.5) is 0 Å². The van der Waals surface area contributed by atoms with E-state index in [1.807, 2.05) is 37.3 Å². The first-order chi connectivity index (χ1) is 9.10. The molecule has 0 aliphatic carbocycles. The number of carbonyl (C=O) groups excluding carboxylic acids is 2. The van der Waals surface area contributed by atoms with Gasteiger partial charge in [-0.2, -0.15) is 0 Å². The average molecular weight is 264 g/mol. The zero-order chi connectivity index (χ0) is 14.3. The van der Waals surface area contributed by atoms with E-state index in [0.717, 1.165) is 5.56 Å². The third kappa shape index (κ3) is 3.34. The first-order valence-electron chi connectivity index (χ1n) is 6.31. The van der Waals surface area contributed by atoms with Crippen LogP contribution in [0.3, 0.4) is 0 Å². The predicted octanol–water partition coefficient (Wildman–Crippen LogP) is 2.36. The first kappa shape index (κ1) is 15.2. The summed E-state index contributed by atoms with van der Waals surface area (Å²) in [6, 6.07) is 9.41. The average Bonchev–Trinajstić information content (AvgIpc) is 2.46. The molecule has 1 aromatic carbocycles. The van der Waals surface area contributed by atoms with Gasteiger partial charge in [0.25, 0.3) is 0 Å². The Labute approximate surface area is 113 Å². The number of benzene rings is 1. The molecule has 0 atom stereocenters. The van der Waals surface area contributed by atoms with E-state index in [-0.39, 0.29) is 0 Å². The molecule has 1 aromatic rings. The number of hydrogen-bond donors (Lipinski definition) is 0. The van der Waals surface area contributed by atoms with Crippen LogP contribution < -0.4 is 0 Å². The number of hydrogen-bond acceptors (Lipinski definition) is 4. The van der Waals surface area contributed by atoms with Crippen LogP contribution in [0.5, 0.6) is 0 Å². The minimum atomic E-state index is -1.25. The highest BCUT2D eigenvalue weighted by Gasteiger charge is 2.47. The predicted molar refractivity (Wildman–Crippen MR) is 71.5 cm³/mol. The lowest BCUT2D eigenvalue weighted by Crippen LogP contribution is -2.43. The number of esters is 2. The molecule has 0 saturated heterocycles. The van der Waals surface area contributed by atoms with Crippen LogP contribution in [-0.4, -0.2) is 26.2 Å². The Morgan fingerprint density at radius 1 is 1.05 bits per heavy atom. The molecule has 0 aliphatic heterocycles. The SMILES string of the molecule is CCCC(Cc1ccccc1)(C(=O)OC)C(=O)OC. The summed E-state index contributed by atoms with van der Waals surface area (Å²) in [5.41, 5.74) is -0.341. The van der Waals surface area contributed by atoms with E-state index in [4.69, 9.17) is 9.47 Å². The van der Waals surface area contributed by atoms with E-state index >= 15 is 0 Å². The van der Waals surface area contributed by atoms with Crippen molar-refractivity contribution in [3.05, 3.63) is 35.9 Å². The van der Waals surface area contributed by atoms with E-state index in [9.17, 15) is 9.59 Å². The summed E-state index contributed by atoms with van der Waals surface area (Å²) < 4.78 is 9.65. The molecule has 0 spiro atoms. The smallest absolute Gasteiger partial charge is 0.323 e. The molecule has 4 heteroatoms. The first-order valence-corrected chi connectivity index (χ1v) is 6.31. The molecule has 0 aliphatic rings. The Morgan fingerprint density at radius 3 is 2.00 bits per heavy atom. The molecule has 0 unspecified atom stereocenters. The lowest BCUT2D eigenvalue weighted by atomic mass is 9.77. The van der Waals surface area contributed by atoms with Crippen LogP contribution in [0, 0.1) is 5.41 Å². The maximum absolute atomic E-state index is 12.1. The topological polar surface area (TPSA) is 52.6 Å². The van der Waals surface area contributed by atoms with Gasteiger partial charge in [0.2, 0.25) is 0 Å². The number of methoxy groups -OCH3 is 2. The summed E-state index contributed by atoms with van der Waals surface area (Å²) in [6.07, 6.45) is 1.39. The summed E-state index contributed by atoms with van der Waals surface area (Å²) in [6.45, 7) is 1.92. The highest BCUT2D eigenvalue weighted by Crippen LogP contribution is 2.32. The highest BCUT2D eigenvalue weighted by molar-refractivity contribution is 6.00. The van der Waals surface area contributed by atoms with Gasteiger partial charge in [0.1, 0.15) is 0 Å². The number of ether oxygens (including phenoxy) is 2. The standard InChI is InChI=1S/C15H20O4/c1-4-10-15(13(16)18-2,14(17)19-3)11-12-8-6-5-7-9-12/h5-9H,4,10-11H2,1-3H3. The Balaban J connectivity index is 3.15. The Morgan fingerprint density at radius 2 is 1.58 bits per heavy atom. The monoisotopic (exact) mass is 264 g/mol. The highest BCUT2D eigenvalue weighted by atomic mass is 16.5. The lowest BCUT2D eigenvalue weighted by Gasteiger charge is -2.27. The Kier molecular flexibility index (Phi) is 5.55. The minimum absolute atomic E-state index is 0.293. The van der Waals surface area contributed by atoms with Crippen LogP contribution in [0.1, 0.15) is 25.3 Å². The van der Waals surface area contributed by atoms with Gasteiger partial charge in [-0.05, 0) is 18.4 Å². The van der Waals surface area contributed by atoms with Crippen molar-refractivity contribution >= 4 is 11.9 Å². The van der Waals surface area contributed by atoms with Gasteiger partial charge in [-0.1, -0.05) is 43.7 Å². The summed E-state index contributed by atoms with van der Waals surface area (Å²) in [4.78, 5) is 24.2. The van der Waals surface area contributed by atoms with Crippen LogP contribution in [0.2, 0.25) is 0 Å². The van der Waals surface area contributed by atoms with Gasteiger partial charge in [-0.25, -0.2) is 0 Å². The van der Waals surface area contributed by atoms with Gasteiger partial charge in [0, 0.05) is 0 Å². The van der Waals surface area contributed by atoms with Crippen molar-refractivity contribution in [2.45, 2.75) is 26.2 Å². The van der Waals surface area contributed by atoms with E-state index in [1.165, 1.54) is 14.2 Å². The van der Waals surface area contributed by atoms with Crippen LogP contribution in [-0.2, 0) is 25.5 Å². The molecule has 0 radical (unpaired) electrons. The summed E-state index contributed by atoms with van der Waals surface area (Å²) in [5.74, 6) is -1.07. The number of carbonyl (C=O) groups is 2. The molecule has 1 rings (SSSR count). The molecular formula is C15H20O4. The molecule has 19 heavy (non-hydrogen) atoms. The van der Waals surface area contributed by atoms with Crippen LogP contribution in [0.25, 0.3) is 0 Å². The lowest BCUT2D eigenvalue weighted by molar-refractivity contribution is -0.169. The van der Waals surface area contributed by atoms with Crippen molar-refractivity contribution < 1.29 is 19.1 Å². The van der Waals surface area contributed by atoms with E-state index in [2.05, 4.69) is 0 Å². The third-order valence-corrected chi connectivity index (χ3v) is 3.18. The molecular weight excluding hydrogens is 244 g/mol.